The van der Waals surface area contributed by atoms with Crippen LogP contribution >= 0.6 is 0 Å². The Morgan fingerprint density at radius 2 is 2.18 bits per heavy atom. The maximum atomic E-state index is 11.8. The van der Waals surface area contributed by atoms with Crippen LogP contribution in [0.2, 0.25) is 0 Å². The molecule has 0 fully saturated rings. The highest BCUT2D eigenvalue weighted by Gasteiger charge is 2.07. The number of anilines is 2. The Morgan fingerprint density at radius 1 is 1.41 bits per heavy atom. The summed E-state index contributed by atoms with van der Waals surface area (Å²) in [7, 11) is 0. The third-order valence-corrected chi connectivity index (χ3v) is 2.46. The van der Waals surface area contributed by atoms with E-state index in [2.05, 4.69) is 10.4 Å². The molecule has 0 saturated carbocycles. The molecule has 0 saturated heterocycles. The van der Waals surface area contributed by atoms with Crippen LogP contribution in [0.15, 0.2) is 36.5 Å². The smallest absolute Gasteiger partial charge is 0.246 e. The van der Waals surface area contributed by atoms with Crippen LogP contribution in [0.1, 0.15) is 5.69 Å². The molecule has 2 rings (SSSR count). The zero-order valence-electron chi connectivity index (χ0n) is 9.55. The Morgan fingerprint density at radius 3 is 2.82 bits per heavy atom. The molecule has 0 aliphatic rings. The van der Waals surface area contributed by atoms with Crippen molar-refractivity contribution >= 4 is 17.3 Å². The van der Waals surface area contributed by atoms with Crippen molar-refractivity contribution in [2.24, 2.45) is 0 Å². The molecule has 3 N–H and O–H groups in total. The molecule has 0 aliphatic heterocycles. The summed E-state index contributed by atoms with van der Waals surface area (Å²) >= 11 is 0. The average Bonchev–Trinajstić information content (AvgIpc) is 2.68. The Bertz CT molecular complexity index is 533. The average molecular weight is 230 g/mol. The molecular weight excluding hydrogens is 216 g/mol. The minimum atomic E-state index is -0.144. The van der Waals surface area contributed by atoms with E-state index >= 15 is 0 Å². The molecule has 0 aliphatic carbocycles. The van der Waals surface area contributed by atoms with Crippen LogP contribution in [0, 0.1) is 6.92 Å². The highest BCUT2D eigenvalue weighted by molar-refractivity contribution is 5.93. The van der Waals surface area contributed by atoms with Crippen molar-refractivity contribution in [2.45, 2.75) is 13.5 Å². The summed E-state index contributed by atoms with van der Waals surface area (Å²) in [6.45, 7) is 2.09. The lowest BCUT2D eigenvalue weighted by Gasteiger charge is -2.08. The number of carbonyl (C=O) groups is 1. The second-order valence-corrected chi connectivity index (χ2v) is 3.77. The second-order valence-electron chi connectivity index (χ2n) is 3.77. The highest BCUT2D eigenvalue weighted by atomic mass is 16.2. The van der Waals surface area contributed by atoms with Crippen LogP contribution in [-0.2, 0) is 11.3 Å². The third kappa shape index (κ3) is 2.63. The van der Waals surface area contributed by atoms with Crippen LogP contribution in [0.3, 0.4) is 0 Å². The number of hydrogen-bond donors (Lipinski definition) is 2. The van der Waals surface area contributed by atoms with Crippen molar-refractivity contribution in [2.75, 3.05) is 11.1 Å². The molecule has 2 aromatic rings. The molecule has 1 aromatic carbocycles. The number of aromatic nitrogens is 2. The van der Waals surface area contributed by atoms with E-state index in [9.17, 15) is 4.79 Å². The van der Waals surface area contributed by atoms with Crippen molar-refractivity contribution in [1.29, 1.82) is 0 Å². The van der Waals surface area contributed by atoms with Crippen LogP contribution in [0.5, 0.6) is 0 Å². The maximum absolute atomic E-state index is 11.8. The minimum Gasteiger partial charge on any atom is -0.397 e. The second kappa shape index (κ2) is 4.69. The molecule has 5 nitrogen and oxygen atoms in total. The largest absolute Gasteiger partial charge is 0.397 e. The molecule has 88 valence electrons. The van der Waals surface area contributed by atoms with Crippen molar-refractivity contribution < 1.29 is 4.79 Å². The summed E-state index contributed by atoms with van der Waals surface area (Å²) < 4.78 is 1.63. The van der Waals surface area contributed by atoms with Gasteiger partial charge in [0.2, 0.25) is 5.91 Å². The normalized spacial score (nSPS) is 10.2. The fraction of sp³-hybridized carbons (Fsp3) is 0.167. The molecule has 17 heavy (non-hydrogen) atoms. The summed E-state index contributed by atoms with van der Waals surface area (Å²) in [4.78, 5) is 11.8. The van der Waals surface area contributed by atoms with Crippen molar-refractivity contribution in [3.63, 3.8) is 0 Å². The van der Waals surface area contributed by atoms with Gasteiger partial charge in [0.15, 0.2) is 0 Å². The molecule has 0 bridgehead atoms. The number of amides is 1. The Balaban J connectivity index is 2.03. The van der Waals surface area contributed by atoms with Crippen LogP contribution in [0.4, 0.5) is 11.4 Å². The Kier molecular flexibility index (Phi) is 3.09. The lowest BCUT2D eigenvalue weighted by molar-refractivity contribution is -0.116. The predicted molar refractivity (Wildman–Crippen MR) is 66.4 cm³/mol. The topological polar surface area (TPSA) is 72.9 Å². The number of nitrogens with two attached hydrogens (primary N) is 1. The van der Waals surface area contributed by atoms with Gasteiger partial charge >= 0.3 is 0 Å². The van der Waals surface area contributed by atoms with Gasteiger partial charge in [-0.1, -0.05) is 12.1 Å². The van der Waals surface area contributed by atoms with Crippen molar-refractivity contribution in [3.05, 3.63) is 42.2 Å². The monoisotopic (exact) mass is 230 g/mol. The van der Waals surface area contributed by atoms with E-state index in [1.54, 1.807) is 23.0 Å². The molecule has 1 heterocycles. The van der Waals surface area contributed by atoms with Crippen LogP contribution < -0.4 is 11.1 Å². The van der Waals surface area contributed by atoms with Gasteiger partial charge in [0.25, 0.3) is 0 Å². The van der Waals surface area contributed by atoms with Crippen LogP contribution in [0.25, 0.3) is 0 Å². The molecule has 5 heteroatoms. The number of nitrogens with one attached hydrogen (secondary N) is 1. The van der Waals surface area contributed by atoms with E-state index in [4.69, 9.17) is 5.73 Å². The number of aryl methyl sites for hydroxylation is 1. The van der Waals surface area contributed by atoms with Gasteiger partial charge in [-0.15, -0.1) is 0 Å². The van der Waals surface area contributed by atoms with Gasteiger partial charge in [-0.3, -0.25) is 9.48 Å². The predicted octanol–water partition coefficient (Wildman–Crippen LogP) is 1.41. The molecule has 1 amide bonds. The van der Waals surface area contributed by atoms with Gasteiger partial charge in [-0.2, -0.15) is 5.10 Å². The first kappa shape index (κ1) is 11.2. The molecular formula is C12H14N4O. The summed E-state index contributed by atoms with van der Waals surface area (Å²) in [5.41, 5.74) is 7.86. The standard InChI is InChI=1S/C12H14N4O/c1-9-6-7-14-16(9)8-12(17)15-11-5-3-2-4-10(11)13/h2-7H,8,13H2,1H3,(H,15,17). The molecule has 1 aromatic heterocycles. The van der Waals surface area contributed by atoms with E-state index in [1.807, 2.05) is 25.1 Å². The zero-order chi connectivity index (χ0) is 12.3. The van der Waals surface area contributed by atoms with Crippen molar-refractivity contribution in [1.82, 2.24) is 9.78 Å². The number of carbonyl (C=O) groups excluding carboxylic acids is 1. The number of rotatable bonds is 3. The fourth-order valence-corrected chi connectivity index (χ4v) is 1.50. The third-order valence-electron chi connectivity index (χ3n) is 2.46. The highest BCUT2D eigenvalue weighted by Crippen LogP contribution is 2.16. The quantitative estimate of drug-likeness (QED) is 0.783. The van der Waals surface area contributed by atoms with Gasteiger partial charge in [0.1, 0.15) is 6.54 Å². The Hall–Kier alpha value is -2.30. The summed E-state index contributed by atoms with van der Waals surface area (Å²) in [6, 6.07) is 9.01. The van der Waals surface area contributed by atoms with Gasteiger partial charge in [-0.25, -0.2) is 0 Å². The molecule has 0 radical (unpaired) electrons. The first-order valence-corrected chi connectivity index (χ1v) is 5.29. The number of para-hydroxylation sites is 2. The van der Waals surface area contributed by atoms with E-state index in [0.717, 1.165) is 5.69 Å². The van der Waals surface area contributed by atoms with Gasteiger partial charge in [0, 0.05) is 11.9 Å². The first-order valence-electron chi connectivity index (χ1n) is 5.29. The van der Waals surface area contributed by atoms with Crippen molar-refractivity contribution in [3.8, 4) is 0 Å². The van der Waals surface area contributed by atoms with E-state index in [-0.39, 0.29) is 12.5 Å². The van der Waals surface area contributed by atoms with Gasteiger partial charge in [-0.05, 0) is 25.1 Å². The number of nitrogen functional groups attached to an aromatic ring is 1. The molecule has 0 spiro atoms. The number of hydrogen-bond acceptors (Lipinski definition) is 3. The Labute approximate surface area is 99.2 Å². The van der Waals surface area contributed by atoms with E-state index in [0.29, 0.717) is 11.4 Å². The van der Waals surface area contributed by atoms with Gasteiger partial charge < -0.3 is 11.1 Å². The SMILES string of the molecule is Cc1ccnn1CC(=O)Nc1ccccc1N. The maximum Gasteiger partial charge on any atom is 0.246 e. The molecule has 0 unspecified atom stereocenters. The van der Waals surface area contributed by atoms with E-state index in [1.165, 1.54) is 0 Å². The molecule has 0 atom stereocenters. The summed E-state index contributed by atoms with van der Waals surface area (Å²) in [5.74, 6) is -0.144. The van der Waals surface area contributed by atoms with Gasteiger partial charge in [0.05, 0.1) is 11.4 Å². The zero-order valence-corrected chi connectivity index (χ0v) is 9.55. The summed E-state index contributed by atoms with van der Waals surface area (Å²) in [5, 5.41) is 6.80. The fourth-order valence-electron chi connectivity index (χ4n) is 1.50. The lowest BCUT2D eigenvalue weighted by Crippen LogP contribution is -2.20. The number of benzene rings is 1. The first-order chi connectivity index (χ1) is 8.16. The van der Waals surface area contributed by atoms with Crippen LogP contribution in [-0.4, -0.2) is 15.7 Å². The van der Waals surface area contributed by atoms with E-state index < -0.39 is 0 Å². The minimum absolute atomic E-state index is 0.144. The lowest BCUT2D eigenvalue weighted by atomic mass is 10.2. The number of nitrogens with zero attached hydrogens (tertiary/aromatic N) is 2. The summed E-state index contributed by atoms with van der Waals surface area (Å²) in [6.07, 6.45) is 1.67.